The average Bonchev–Trinajstić information content (AvgIpc) is 3.22. The van der Waals surface area contributed by atoms with Gasteiger partial charge in [0.15, 0.2) is 0 Å². The van der Waals surface area contributed by atoms with E-state index in [0.717, 1.165) is 61.4 Å². The van der Waals surface area contributed by atoms with Crippen LogP contribution in [0.15, 0.2) is 66.3 Å². The van der Waals surface area contributed by atoms with Gasteiger partial charge in [0.1, 0.15) is 5.65 Å². The van der Waals surface area contributed by atoms with Crippen LogP contribution in [0.4, 0.5) is 4.39 Å². The van der Waals surface area contributed by atoms with Crippen molar-refractivity contribution >= 4 is 34.4 Å². The summed E-state index contributed by atoms with van der Waals surface area (Å²) in [5.74, 6) is -0.0130. The number of nitrogens with zero attached hydrogens (tertiary/aromatic N) is 4. The van der Waals surface area contributed by atoms with E-state index in [4.69, 9.17) is 21.3 Å². The Kier molecular flexibility index (Phi) is 6.89. The van der Waals surface area contributed by atoms with Gasteiger partial charge in [0.2, 0.25) is 0 Å². The number of rotatable bonds is 6. The van der Waals surface area contributed by atoms with E-state index in [9.17, 15) is 9.18 Å². The van der Waals surface area contributed by atoms with E-state index in [1.54, 1.807) is 12.4 Å². The van der Waals surface area contributed by atoms with Crippen molar-refractivity contribution in [1.82, 2.24) is 19.3 Å². The normalized spacial score (nSPS) is 20.4. The van der Waals surface area contributed by atoms with E-state index in [1.165, 1.54) is 23.8 Å². The van der Waals surface area contributed by atoms with Gasteiger partial charge in [-0.3, -0.25) is 14.3 Å². The van der Waals surface area contributed by atoms with Crippen LogP contribution < -0.4 is 0 Å². The Morgan fingerprint density at radius 1 is 1.26 bits per heavy atom. The molecule has 3 aromatic heterocycles. The van der Waals surface area contributed by atoms with E-state index in [2.05, 4.69) is 38.8 Å². The number of likely N-dealkylation sites (tertiary alicyclic amines) is 1. The summed E-state index contributed by atoms with van der Waals surface area (Å²) in [6.45, 7) is 2.05. The van der Waals surface area contributed by atoms with Crippen molar-refractivity contribution in [2.75, 3.05) is 26.9 Å². The van der Waals surface area contributed by atoms with Crippen LogP contribution in [0.2, 0.25) is 5.02 Å². The number of allylic oxidation sites excluding steroid dienone is 4. The first-order valence-electron chi connectivity index (χ1n) is 13.1. The molecule has 8 heteroatoms. The average molecular weight is 533 g/mol. The lowest BCUT2D eigenvalue weighted by Crippen LogP contribution is -2.46. The molecule has 4 heterocycles. The van der Waals surface area contributed by atoms with Gasteiger partial charge in [0.05, 0.1) is 30.1 Å². The van der Waals surface area contributed by atoms with Crippen LogP contribution in [-0.2, 0) is 16.1 Å². The molecule has 1 saturated heterocycles. The Hall–Kier alpha value is -3.29. The van der Waals surface area contributed by atoms with Crippen molar-refractivity contribution in [2.45, 2.75) is 32.2 Å². The topological polar surface area (TPSA) is 59.7 Å². The summed E-state index contributed by atoms with van der Waals surface area (Å²) in [7, 11) is 1.42. The fraction of sp³-hybridized carbons (Fsp3) is 0.367. The van der Waals surface area contributed by atoms with Gasteiger partial charge in [0.25, 0.3) is 0 Å². The number of esters is 1. The molecule has 6 rings (SSSR count). The molecule has 0 spiro atoms. The fourth-order valence-electron chi connectivity index (χ4n) is 6.07. The molecule has 1 fully saturated rings. The minimum absolute atomic E-state index is 0.126. The Labute approximate surface area is 226 Å². The second-order valence-corrected chi connectivity index (χ2v) is 10.8. The van der Waals surface area contributed by atoms with Gasteiger partial charge >= 0.3 is 5.97 Å². The molecule has 0 bridgehead atoms. The molecule has 2 aliphatic carbocycles. The Balaban J connectivity index is 1.42. The molecule has 38 heavy (non-hydrogen) atoms. The number of methoxy groups -OCH3 is 1. The minimum atomic E-state index is -0.297. The number of halogens is 2. The summed E-state index contributed by atoms with van der Waals surface area (Å²) < 4.78 is 19.9. The highest BCUT2D eigenvalue weighted by atomic mass is 35.5. The van der Waals surface area contributed by atoms with Gasteiger partial charge in [-0.15, -0.1) is 0 Å². The lowest BCUT2D eigenvalue weighted by molar-refractivity contribution is -0.135. The summed E-state index contributed by atoms with van der Waals surface area (Å²) >= 11 is 6.68. The number of alkyl halides is 1. The summed E-state index contributed by atoms with van der Waals surface area (Å²) in [5, 5.41) is 0.638. The minimum Gasteiger partial charge on any atom is -0.465 e. The van der Waals surface area contributed by atoms with Crippen LogP contribution >= 0.6 is 11.6 Å². The Morgan fingerprint density at radius 3 is 2.92 bits per heavy atom. The van der Waals surface area contributed by atoms with Gasteiger partial charge in [-0.25, -0.2) is 9.78 Å². The van der Waals surface area contributed by atoms with Gasteiger partial charge in [-0.1, -0.05) is 23.3 Å². The largest absolute Gasteiger partial charge is 0.465 e. The number of pyridine rings is 2. The third-order valence-corrected chi connectivity index (χ3v) is 8.21. The third-order valence-electron chi connectivity index (χ3n) is 7.90. The SMILES string of the molecule is COC(=O)C1=CCC2C(=C1)CCCC(c1ccncc1Cl)=C2c1ccn2cc(CN3CC(CF)C3)nc2c1. The first-order chi connectivity index (χ1) is 18.5. The number of imidazole rings is 1. The van der Waals surface area contributed by atoms with E-state index in [1.807, 2.05) is 18.2 Å². The number of hydrogen-bond donors (Lipinski definition) is 0. The Morgan fingerprint density at radius 2 is 2.13 bits per heavy atom. The lowest BCUT2D eigenvalue weighted by atomic mass is 9.78. The fourth-order valence-corrected chi connectivity index (χ4v) is 6.30. The number of ether oxygens (including phenoxy) is 1. The monoisotopic (exact) mass is 532 g/mol. The van der Waals surface area contributed by atoms with Crippen molar-refractivity contribution in [3.63, 3.8) is 0 Å². The molecular weight excluding hydrogens is 503 g/mol. The van der Waals surface area contributed by atoms with Crippen LogP contribution in [0.25, 0.3) is 16.8 Å². The summed E-state index contributed by atoms with van der Waals surface area (Å²) in [5.41, 5.74) is 8.28. The molecule has 196 valence electrons. The molecule has 1 aliphatic heterocycles. The highest BCUT2D eigenvalue weighted by Crippen LogP contribution is 2.47. The predicted octanol–water partition coefficient (Wildman–Crippen LogP) is 5.92. The molecule has 0 aromatic carbocycles. The number of aromatic nitrogens is 3. The maximum Gasteiger partial charge on any atom is 0.337 e. The summed E-state index contributed by atoms with van der Waals surface area (Å²) in [6, 6.07) is 6.29. The maximum absolute atomic E-state index is 12.9. The smallest absolute Gasteiger partial charge is 0.337 e. The zero-order valence-corrected chi connectivity index (χ0v) is 22.1. The summed E-state index contributed by atoms with van der Waals surface area (Å²) in [4.78, 5) is 23.6. The Bertz CT molecular complexity index is 1480. The number of carbonyl (C=O) groups excluding carboxylic acids is 1. The lowest BCUT2D eigenvalue weighted by Gasteiger charge is -2.37. The van der Waals surface area contributed by atoms with Crippen LogP contribution in [0.3, 0.4) is 0 Å². The maximum atomic E-state index is 12.9. The molecule has 0 amide bonds. The van der Waals surface area contributed by atoms with Crippen molar-refractivity contribution in [1.29, 1.82) is 0 Å². The van der Waals surface area contributed by atoms with Crippen molar-refractivity contribution in [3.05, 3.63) is 88.1 Å². The van der Waals surface area contributed by atoms with Gasteiger partial charge < -0.3 is 9.14 Å². The van der Waals surface area contributed by atoms with Crippen molar-refractivity contribution in [3.8, 4) is 0 Å². The predicted molar refractivity (Wildman–Crippen MR) is 146 cm³/mol. The van der Waals surface area contributed by atoms with Crippen LogP contribution in [0.1, 0.15) is 42.5 Å². The molecule has 0 N–H and O–H groups in total. The van der Waals surface area contributed by atoms with Crippen molar-refractivity contribution in [2.24, 2.45) is 11.8 Å². The zero-order valence-electron chi connectivity index (χ0n) is 21.4. The highest BCUT2D eigenvalue weighted by Gasteiger charge is 2.31. The molecular formula is C30H30ClFN4O2. The molecule has 0 saturated carbocycles. The van der Waals surface area contributed by atoms with Gasteiger partial charge in [-0.2, -0.15) is 0 Å². The standard InChI is InChI=1S/C30H30ClFN4O2/c1-38-30(37)22-5-6-24-20(11-22)3-2-4-26(25-7-9-33-14-27(25)31)29(24)21-8-10-36-18-23(34-28(36)12-21)17-35-15-19(13-32)16-35/h5,7-12,14,18-19,24H,2-4,6,13,15-17H2,1H3. The van der Waals surface area contributed by atoms with E-state index in [-0.39, 0.29) is 24.5 Å². The second kappa shape index (κ2) is 10.5. The molecule has 1 unspecified atom stereocenters. The first kappa shape index (κ1) is 25.0. The zero-order chi connectivity index (χ0) is 26.2. The van der Waals surface area contributed by atoms with Gasteiger partial charge in [-0.05, 0) is 72.2 Å². The molecule has 6 nitrogen and oxygen atoms in total. The van der Waals surface area contributed by atoms with Gasteiger partial charge in [0, 0.05) is 56.3 Å². The highest BCUT2D eigenvalue weighted by molar-refractivity contribution is 6.32. The van der Waals surface area contributed by atoms with Crippen molar-refractivity contribution < 1.29 is 13.9 Å². The summed E-state index contributed by atoms with van der Waals surface area (Å²) in [6.07, 6.45) is 15.1. The van der Waals surface area contributed by atoms with Crippen LogP contribution in [0, 0.1) is 11.8 Å². The second-order valence-electron chi connectivity index (χ2n) is 10.4. The molecule has 3 aliphatic rings. The molecule has 1 atom stereocenters. The number of hydrogen-bond acceptors (Lipinski definition) is 5. The van der Waals surface area contributed by atoms with Crippen LogP contribution in [-0.4, -0.2) is 52.1 Å². The number of fused-ring (bicyclic) bond motifs is 2. The molecule has 3 aromatic rings. The first-order valence-corrected chi connectivity index (χ1v) is 13.5. The third kappa shape index (κ3) is 4.69. The van der Waals surface area contributed by atoms with E-state index >= 15 is 0 Å². The van der Waals surface area contributed by atoms with Crippen LogP contribution in [0.5, 0.6) is 0 Å². The van der Waals surface area contributed by atoms with E-state index < -0.39 is 0 Å². The van der Waals surface area contributed by atoms with E-state index in [0.29, 0.717) is 17.0 Å². The quantitative estimate of drug-likeness (QED) is 0.369. The molecule has 0 radical (unpaired) electrons. The number of carbonyl (C=O) groups is 1.